The lowest BCUT2D eigenvalue weighted by molar-refractivity contribution is 0.601. The zero-order valence-electron chi connectivity index (χ0n) is 11.0. The van der Waals surface area contributed by atoms with Crippen molar-refractivity contribution >= 4 is 26.5 Å². The number of aryl methyl sites for hydroxylation is 2. The molecule has 0 bridgehead atoms. The van der Waals surface area contributed by atoms with Crippen LogP contribution >= 0.6 is 11.3 Å². The highest BCUT2D eigenvalue weighted by atomic mass is 32.2. The standard InChI is InChI=1S/C13H13N3O2S2/c1-3-12-9(2)19-13(15-12)16-20(17,18)11-6-4-5-10(7-11)8-14/h4-7H,3H2,1-2H3,(H,15,16). The lowest BCUT2D eigenvalue weighted by atomic mass is 10.2. The van der Waals surface area contributed by atoms with E-state index in [1.165, 1.54) is 29.5 Å². The average Bonchev–Trinajstić information content (AvgIpc) is 2.78. The smallest absolute Gasteiger partial charge is 0.255 e. The molecule has 0 radical (unpaired) electrons. The Morgan fingerprint density at radius 1 is 1.45 bits per heavy atom. The van der Waals surface area contributed by atoms with E-state index in [2.05, 4.69) is 9.71 Å². The zero-order chi connectivity index (χ0) is 14.8. The molecule has 104 valence electrons. The Balaban J connectivity index is 2.33. The van der Waals surface area contributed by atoms with Crippen molar-refractivity contribution in [3.05, 3.63) is 40.4 Å². The molecule has 0 unspecified atom stereocenters. The Morgan fingerprint density at radius 2 is 2.20 bits per heavy atom. The molecule has 1 aromatic carbocycles. The third-order valence-corrected chi connectivity index (χ3v) is 5.12. The minimum absolute atomic E-state index is 0.0578. The normalized spacial score (nSPS) is 11.1. The molecular formula is C13H13N3O2S2. The molecule has 0 atom stereocenters. The van der Waals surface area contributed by atoms with E-state index in [0.717, 1.165) is 17.0 Å². The van der Waals surface area contributed by atoms with Crippen LogP contribution < -0.4 is 4.72 Å². The van der Waals surface area contributed by atoms with Crippen LogP contribution in [0.5, 0.6) is 0 Å². The first kappa shape index (κ1) is 14.5. The molecule has 2 aromatic rings. The summed E-state index contributed by atoms with van der Waals surface area (Å²) in [6.45, 7) is 3.88. The maximum Gasteiger partial charge on any atom is 0.263 e. The van der Waals surface area contributed by atoms with Crippen LogP contribution in [-0.2, 0) is 16.4 Å². The molecule has 0 saturated heterocycles. The largest absolute Gasteiger partial charge is 0.263 e. The summed E-state index contributed by atoms with van der Waals surface area (Å²) in [5.74, 6) is 0. The molecule has 1 aromatic heterocycles. The molecule has 2 rings (SSSR count). The van der Waals surface area contributed by atoms with Crippen molar-refractivity contribution in [3.63, 3.8) is 0 Å². The van der Waals surface area contributed by atoms with Gasteiger partial charge in [0, 0.05) is 4.88 Å². The molecule has 0 aliphatic rings. The summed E-state index contributed by atoms with van der Waals surface area (Å²) in [7, 11) is -3.71. The minimum Gasteiger partial charge on any atom is -0.255 e. The Morgan fingerprint density at radius 3 is 2.80 bits per heavy atom. The number of rotatable bonds is 4. The first-order chi connectivity index (χ1) is 9.46. The highest BCUT2D eigenvalue weighted by Crippen LogP contribution is 2.25. The number of thiazole rings is 1. The molecule has 0 fully saturated rings. The van der Waals surface area contributed by atoms with E-state index in [0.29, 0.717) is 10.7 Å². The van der Waals surface area contributed by atoms with Crippen molar-refractivity contribution in [1.82, 2.24) is 4.98 Å². The molecule has 0 aliphatic carbocycles. The van der Waals surface area contributed by atoms with Gasteiger partial charge in [-0.25, -0.2) is 13.4 Å². The van der Waals surface area contributed by atoms with Gasteiger partial charge < -0.3 is 0 Å². The first-order valence-corrected chi connectivity index (χ1v) is 8.25. The van der Waals surface area contributed by atoms with E-state index in [-0.39, 0.29) is 4.90 Å². The quantitative estimate of drug-likeness (QED) is 0.941. The number of nitrogens with zero attached hydrogens (tertiary/aromatic N) is 2. The molecule has 5 nitrogen and oxygen atoms in total. The van der Waals surface area contributed by atoms with Gasteiger partial charge in [0.15, 0.2) is 5.13 Å². The Hall–Kier alpha value is -1.91. The Kier molecular flexibility index (Phi) is 4.06. The summed E-state index contributed by atoms with van der Waals surface area (Å²) >= 11 is 1.30. The molecule has 0 aliphatic heterocycles. The maximum absolute atomic E-state index is 12.2. The van der Waals surface area contributed by atoms with E-state index >= 15 is 0 Å². The number of benzene rings is 1. The fourth-order valence-electron chi connectivity index (χ4n) is 1.71. The molecule has 1 heterocycles. The summed E-state index contributed by atoms with van der Waals surface area (Å²) in [6, 6.07) is 7.80. The minimum atomic E-state index is -3.71. The Bertz CT molecular complexity index is 773. The number of nitrogens with one attached hydrogen (secondary N) is 1. The van der Waals surface area contributed by atoms with Gasteiger partial charge in [-0.1, -0.05) is 13.0 Å². The van der Waals surface area contributed by atoms with Crippen LogP contribution in [0.2, 0.25) is 0 Å². The second kappa shape index (κ2) is 5.61. The molecule has 0 amide bonds. The number of hydrogen-bond donors (Lipinski definition) is 1. The number of anilines is 1. The van der Waals surface area contributed by atoms with E-state index in [1.807, 2.05) is 19.9 Å². The zero-order valence-corrected chi connectivity index (χ0v) is 12.7. The summed E-state index contributed by atoms with van der Waals surface area (Å²) in [4.78, 5) is 5.30. The van der Waals surface area contributed by atoms with Crippen molar-refractivity contribution in [2.75, 3.05) is 4.72 Å². The molecule has 0 spiro atoms. The second-order valence-electron chi connectivity index (χ2n) is 4.12. The van der Waals surface area contributed by atoms with Gasteiger partial charge in [-0.3, -0.25) is 4.72 Å². The van der Waals surface area contributed by atoms with Crippen LogP contribution in [0.1, 0.15) is 23.1 Å². The maximum atomic E-state index is 12.2. The second-order valence-corrected chi connectivity index (χ2v) is 7.01. The van der Waals surface area contributed by atoms with Gasteiger partial charge in [-0.05, 0) is 31.5 Å². The van der Waals surface area contributed by atoms with Crippen molar-refractivity contribution in [2.24, 2.45) is 0 Å². The fraction of sp³-hybridized carbons (Fsp3) is 0.231. The van der Waals surface area contributed by atoms with E-state index in [4.69, 9.17) is 5.26 Å². The summed E-state index contributed by atoms with van der Waals surface area (Å²) in [5, 5.41) is 9.16. The molecule has 20 heavy (non-hydrogen) atoms. The number of nitriles is 1. The third kappa shape index (κ3) is 2.98. The predicted octanol–water partition coefficient (Wildman–Crippen LogP) is 2.69. The predicted molar refractivity (Wildman–Crippen MR) is 78.2 cm³/mol. The number of aromatic nitrogens is 1. The van der Waals surface area contributed by atoms with Gasteiger partial charge in [0.2, 0.25) is 0 Å². The molecule has 1 N–H and O–H groups in total. The molecular weight excluding hydrogens is 294 g/mol. The summed E-state index contributed by atoms with van der Waals surface area (Å²) in [5.41, 5.74) is 1.19. The third-order valence-electron chi connectivity index (χ3n) is 2.72. The highest BCUT2D eigenvalue weighted by Gasteiger charge is 2.17. The van der Waals surface area contributed by atoms with Gasteiger partial charge in [0.25, 0.3) is 10.0 Å². The van der Waals surface area contributed by atoms with E-state index in [1.54, 1.807) is 6.07 Å². The van der Waals surface area contributed by atoms with Gasteiger partial charge >= 0.3 is 0 Å². The van der Waals surface area contributed by atoms with Gasteiger partial charge in [-0.2, -0.15) is 5.26 Å². The average molecular weight is 307 g/mol. The van der Waals surface area contributed by atoms with Gasteiger partial charge in [0.1, 0.15) is 0 Å². The molecule has 0 saturated carbocycles. The lowest BCUT2D eigenvalue weighted by Gasteiger charge is -2.05. The Labute approximate surface area is 122 Å². The van der Waals surface area contributed by atoms with Crippen molar-refractivity contribution in [1.29, 1.82) is 5.26 Å². The topological polar surface area (TPSA) is 82.8 Å². The van der Waals surface area contributed by atoms with Gasteiger partial charge in [0.05, 0.1) is 22.2 Å². The fourth-order valence-corrected chi connectivity index (χ4v) is 3.89. The SMILES string of the molecule is CCc1nc(NS(=O)(=O)c2cccc(C#N)c2)sc1C. The van der Waals surface area contributed by atoms with Crippen LogP contribution in [-0.4, -0.2) is 13.4 Å². The van der Waals surface area contributed by atoms with Crippen LogP contribution in [0, 0.1) is 18.3 Å². The van der Waals surface area contributed by atoms with Crippen LogP contribution in [0.15, 0.2) is 29.2 Å². The van der Waals surface area contributed by atoms with Crippen molar-refractivity contribution in [2.45, 2.75) is 25.2 Å². The van der Waals surface area contributed by atoms with Gasteiger partial charge in [-0.15, -0.1) is 11.3 Å². The van der Waals surface area contributed by atoms with Crippen molar-refractivity contribution < 1.29 is 8.42 Å². The molecule has 7 heteroatoms. The summed E-state index contributed by atoms with van der Waals surface area (Å²) < 4.78 is 26.9. The van der Waals surface area contributed by atoms with E-state index < -0.39 is 10.0 Å². The number of sulfonamides is 1. The van der Waals surface area contributed by atoms with Crippen LogP contribution in [0.3, 0.4) is 0 Å². The first-order valence-electron chi connectivity index (χ1n) is 5.95. The van der Waals surface area contributed by atoms with Crippen LogP contribution in [0.25, 0.3) is 0 Å². The van der Waals surface area contributed by atoms with E-state index in [9.17, 15) is 8.42 Å². The van der Waals surface area contributed by atoms with Crippen LogP contribution in [0.4, 0.5) is 5.13 Å². The monoisotopic (exact) mass is 307 g/mol. The summed E-state index contributed by atoms with van der Waals surface area (Å²) in [6.07, 6.45) is 0.758. The lowest BCUT2D eigenvalue weighted by Crippen LogP contribution is -2.12. The number of hydrogen-bond acceptors (Lipinski definition) is 5. The highest BCUT2D eigenvalue weighted by molar-refractivity contribution is 7.93. The van der Waals surface area contributed by atoms with Crippen molar-refractivity contribution in [3.8, 4) is 6.07 Å².